The Bertz CT molecular complexity index is 1130. The number of halogens is 1. The number of fused-ring (bicyclic) bond motifs is 2. The zero-order valence-corrected chi connectivity index (χ0v) is 16.0. The van der Waals surface area contributed by atoms with Crippen molar-refractivity contribution in [2.45, 2.75) is 29.4 Å². The quantitative estimate of drug-likeness (QED) is 0.392. The SMILES string of the molecule is C#CCCCn1cnc(N)c2nc(Sc3ccc(Cl)c4ccccc34)nc1-2. The molecule has 0 radical (unpaired) electrons. The molecule has 2 aromatic rings. The average molecular weight is 394 g/mol. The summed E-state index contributed by atoms with van der Waals surface area (Å²) in [4.78, 5) is 14.5. The molecule has 0 aliphatic carbocycles. The smallest absolute Gasteiger partial charge is 0.195 e. The number of aryl methyl sites for hydroxylation is 1. The van der Waals surface area contributed by atoms with Crippen molar-refractivity contribution in [2.75, 3.05) is 5.73 Å². The van der Waals surface area contributed by atoms with E-state index in [4.69, 9.17) is 23.8 Å². The number of hydrogen-bond donors (Lipinski definition) is 1. The summed E-state index contributed by atoms with van der Waals surface area (Å²) in [6.07, 6.45) is 8.58. The lowest BCUT2D eigenvalue weighted by Crippen LogP contribution is -2.08. The molecule has 0 fully saturated rings. The predicted octanol–water partition coefficient (Wildman–Crippen LogP) is 4.73. The topological polar surface area (TPSA) is 69.6 Å². The van der Waals surface area contributed by atoms with Crippen LogP contribution in [0.4, 0.5) is 5.82 Å². The monoisotopic (exact) mass is 393 g/mol. The fourth-order valence-electron chi connectivity index (χ4n) is 2.92. The van der Waals surface area contributed by atoms with E-state index in [2.05, 4.69) is 20.9 Å². The third kappa shape index (κ3) is 3.44. The van der Waals surface area contributed by atoms with E-state index in [1.54, 1.807) is 6.33 Å². The summed E-state index contributed by atoms with van der Waals surface area (Å²) in [5.41, 5.74) is 6.62. The summed E-state index contributed by atoms with van der Waals surface area (Å²) in [5.74, 6) is 3.74. The van der Waals surface area contributed by atoms with Gasteiger partial charge in [-0.1, -0.05) is 35.9 Å². The number of terminal acetylenes is 1. The molecule has 0 amide bonds. The molecule has 0 aromatic heterocycles. The molecule has 2 N–H and O–H groups in total. The lowest BCUT2D eigenvalue weighted by Gasteiger charge is -2.09. The molecular weight excluding hydrogens is 378 g/mol. The molecule has 0 saturated heterocycles. The molecule has 0 unspecified atom stereocenters. The second-order valence-electron chi connectivity index (χ2n) is 6.00. The summed E-state index contributed by atoms with van der Waals surface area (Å²) in [5, 5.41) is 3.42. The van der Waals surface area contributed by atoms with Crippen LogP contribution in [0.3, 0.4) is 0 Å². The Labute approximate surface area is 166 Å². The Balaban J connectivity index is 1.72. The molecule has 2 aliphatic heterocycles. The maximum absolute atomic E-state index is 6.32. The number of aromatic nitrogens is 4. The molecule has 2 aliphatic rings. The number of nitrogens with zero attached hydrogens (tertiary/aromatic N) is 4. The first kappa shape index (κ1) is 17.7. The van der Waals surface area contributed by atoms with Crippen LogP contribution in [0.1, 0.15) is 12.8 Å². The van der Waals surface area contributed by atoms with Gasteiger partial charge in [0.15, 0.2) is 22.5 Å². The maximum atomic E-state index is 6.32. The Morgan fingerprint density at radius 2 is 1.96 bits per heavy atom. The van der Waals surface area contributed by atoms with Crippen LogP contribution in [0.5, 0.6) is 0 Å². The zero-order chi connectivity index (χ0) is 18.8. The Morgan fingerprint density at radius 3 is 2.78 bits per heavy atom. The van der Waals surface area contributed by atoms with Crippen LogP contribution < -0.4 is 5.73 Å². The van der Waals surface area contributed by atoms with Gasteiger partial charge >= 0.3 is 0 Å². The highest BCUT2D eigenvalue weighted by Gasteiger charge is 2.19. The number of hydrogen-bond acceptors (Lipinski definition) is 5. The van der Waals surface area contributed by atoms with Crippen molar-refractivity contribution in [3.63, 3.8) is 0 Å². The van der Waals surface area contributed by atoms with E-state index in [0.29, 0.717) is 23.1 Å². The number of rotatable bonds is 5. The van der Waals surface area contributed by atoms with Crippen molar-refractivity contribution < 1.29 is 0 Å². The average Bonchev–Trinajstić information content (AvgIpc) is 3.11. The highest BCUT2D eigenvalue weighted by Crippen LogP contribution is 2.37. The van der Waals surface area contributed by atoms with Crippen LogP contribution in [0.2, 0.25) is 5.02 Å². The zero-order valence-electron chi connectivity index (χ0n) is 14.4. The molecule has 2 heterocycles. The highest BCUT2D eigenvalue weighted by atomic mass is 35.5. The summed E-state index contributed by atoms with van der Waals surface area (Å²) in [6, 6.07) is 11.9. The highest BCUT2D eigenvalue weighted by molar-refractivity contribution is 7.99. The number of nitrogen functional groups attached to an aromatic ring is 1. The fraction of sp³-hybridized carbons (Fsp3) is 0.150. The second-order valence-corrected chi connectivity index (χ2v) is 7.42. The molecule has 0 bridgehead atoms. The van der Waals surface area contributed by atoms with E-state index in [1.807, 2.05) is 41.0 Å². The van der Waals surface area contributed by atoms with Crippen LogP contribution in [-0.4, -0.2) is 19.5 Å². The number of imidazole rings is 1. The van der Waals surface area contributed by atoms with Crippen molar-refractivity contribution in [3.05, 3.63) is 47.7 Å². The van der Waals surface area contributed by atoms with Crippen LogP contribution in [-0.2, 0) is 6.54 Å². The molecule has 4 rings (SSSR count). The minimum atomic E-state index is 0.374. The van der Waals surface area contributed by atoms with E-state index in [1.165, 1.54) is 11.8 Å². The van der Waals surface area contributed by atoms with Gasteiger partial charge in [-0.05, 0) is 35.7 Å². The number of nitrogens with two attached hydrogens (primary N) is 1. The van der Waals surface area contributed by atoms with Crippen molar-refractivity contribution in [1.29, 1.82) is 0 Å². The van der Waals surface area contributed by atoms with Gasteiger partial charge in [0.2, 0.25) is 0 Å². The van der Waals surface area contributed by atoms with Crippen LogP contribution in [0.15, 0.2) is 52.8 Å². The first-order valence-corrected chi connectivity index (χ1v) is 9.63. The van der Waals surface area contributed by atoms with Crippen molar-refractivity contribution in [3.8, 4) is 23.9 Å². The lowest BCUT2D eigenvalue weighted by atomic mass is 10.1. The van der Waals surface area contributed by atoms with E-state index in [9.17, 15) is 0 Å². The van der Waals surface area contributed by atoms with Gasteiger partial charge in [-0.2, -0.15) is 0 Å². The minimum Gasteiger partial charge on any atom is -0.382 e. The molecular formula is C20H16ClN5S. The Hall–Kier alpha value is -2.75. The summed E-state index contributed by atoms with van der Waals surface area (Å²) < 4.78 is 1.94. The second kappa shape index (κ2) is 7.47. The van der Waals surface area contributed by atoms with Gasteiger partial charge in [-0.3, -0.25) is 0 Å². The van der Waals surface area contributed by atoms with Crippen LogP contribution in [0, 0.1) is 12.3 Å². The minimum absolute atomic E-state index is 0.374. The summed E-state index contributed by atoms with van der Waals surface area (Å²) >= 11 is 7.80. The number of anilines is 1. The number of unbranched alkanes of at least 4 members (excludes halogenated alkanes) is 1. The van der Waals surface area contributed by atoms with E-state index in [-0.39, 0.29) is 0 Å². The normalized spacial score (nSPS) is 11.1. The molecule has 2 aromatic carbocycles. The van der Waals surface area contributed by atoms with Gasteiger partial charge in [0.1, 0.15) is 0 Å². The summed E-state index contributed by atoms with van der Waals surface area (Å²) in [7, 11) is 0. The third-order valence-corrected chi connectivity index (χ3v) is 5.49. The van der Waals surface area contributed by atoms with Crippen molar-refractivity contribution in [2.24, 2.45) is 0 Å². The standard InChI is InChI=1S/C20H16ClN5S/c1-2-3-6-11-26-12-23-18(22)17-19(26)25-20(24-17)27-16-10-9-15(21)13-7-4-5-8-14(13)16/h1,4-5,7-10,12H,3,6,11,22H2. The van der Waals surface area contributed by atoms with E-state index >= 15 is 0 Å². The molecule has 134 valence electrons. The van der Waals surface area contributed by atoms with E-state index < -0.39 is 0 Å². The van der Waals surface area contributed by atoms with E-state index in [0.717, 1.165) is 39.5 Å². The summed E-state index contributed by atoms with van der Waals surface area (Å²) in [6.45, 7) is 0.723. The van der Waals surface area contributed by atoms with Gasteiger partial charge in [0, 0.05) is 28.3 Å². The molecule has 0 saturated carbocycles. The van der Waals surface area contributed by atoms with Gasteiger partial charge in [0.05, 0.1) is 6.33 Å². The Kier molecular flexibility index (Phi) is 4.88. The maximum Gasteiger partial charge on any atom is 0.195 e. The van der Waals surface area contributed by atoms with Gasteiger partial charge in [-0.25, -0.2) is 15.0 Å². The van der Waals surface area contributed by atoms with Crippen LogP contribution in [0.25, 0.3) is 22.3 Å². The number of benzene rings is 2. The molecule has 0 atom stereocenters. The molecule has 0 spiro atoms. The van der Waals surface area contributed by atoms with Crippen LogP contribution >= 0.6 is 23.4 Å². The molecule has 7 heteroatoms. The molecule has 27 heavy (non-hydrogen) atoms. The molecule has 5 nitrogen and oxygen atoms in total. The lowest BCUT2D eigenvalue weighted by molar-refractivity contribution is 0.638. The third-order valence-electron chi connectivity index (χ3n) is 4.22. The first-order valence-electron chi connectivity index (χ1n) is 8.44. The van der Waals surface area contributed by atoms with Gasteiger partial charge in [0.25, 0.3) is 0 Å². The van der Waals surface area contributed by atoms with Crippen molar-refractivity contribution >= 4 is 40.0 Å². The van der Waals surface area contributed by atoms with Gasteiger partial charge < -0.3 is 10.3 Å². The first-order chi connectivity index (χ1) is 13.2. The van der Waals surface area contributed by atoms with Crippen molar-refractivity contribution in [1.82, 2.24) is 19.5 Å². The van der Waals surface area contributed by atoms with Gasteiger partial charge in [-0.15, -0.1) is 12.3 Å². The Morgan fingerprint density at radius 1 is 1.15 bits per heavy atom. The fourth-order valence-corrected chi connectivity index (χ4v) is 4.03. The largest absolute Gasteiger partial charge is 0.382 e. The predicted molar refractivity (Wildman–Crippen MR) is 110 cm³/mol.